The molecule has 2 amide bonds. The third-order valence-corrected chi connectivity index (χ3v) is 3.04. The molecule has 1 fully saturated rings. The van der Waals surface area contributed by atoms with Gasteiger partial charge in [-0.3, -0.25) is 4.79 Å². The summed E-state index contributed by atoms with van der Waals surface area (Å²) in [4.78, 5) is 25.9. The first kappa shape index (κ1) is 13.8. The summed E-state index contributed by atoms with van der Waals surface area (Å²) in [5.41, 5.74) is 0. The van der Waals surface area contributed by atoms with Gasteiger partial charge in [-0.25, -0.2) is 4.79 Å². The van der Waals surface area contributed by atoms with Crippen LogP contribution in [-0.2, 0) is 9.53 Å². The Labute approximate surface area is 101 Å². The molecule has 6 nitrogen and oxygen atoms in total. The first-order chi connectivity index (χ1) is 7.99. The fraction of sp³-hybridized carbons (Fsp3) is 0.818. The van der Waals surface area contributed by atoms with Crippen molar-refractivity contribution in [2.75, 3.05) is 26.7 Å². The number of aliphatic carboxylic acids is 1. The minimum Gasteiger partial charge on any atom is -0.481 e. The smallest absolute Gasteiger partial charge is 0.320 e. The highest BCUT2D eigenvalue weighted by Crippen LogP contribution is 2.16. The van der Waals surface area contributed by atoms with Crippen LogP contribution in [0, 0.1) is 0 Å². The molecule has 1 aliphatic heterocycles. The van der Waals surface area contributed by atoms with Crippen molar-refractivity contribution in [3.05, 3.63) is 0 Å². The maximum atomic E-state index is 12.0. The van der Waals surface area contributed by atoms with E-state index in [9.17, 15) is 9.59 Å². The number of hydrogen-bond acceptors (Lipinski definition) is 3. The SMILES string of the molecule is CCN(C(=O)N1CC(OC)C1)C(C)CC(=O)O. The molecule has 1 heterocycles. The molecule has 1 N–H and O–H groups in total. The van der Waals surface area contributed by atoms with E-state index in [1.54, 1.807) is 23.8 Å². The van der Waals surface area contributed by atoms with Crippen LogP contribution in [0.5, 0.6) is 0 Å². The van der Waals surface area contributed by atoms with E-state index in [1.165, 1.54) is 0 Å². The number of likely N-dealkylation sites (tertiary alicyclic amines) is 1. The van der Waals surface area contributed by atoms with E-state index in [0.29, 0.717) is 19.6 Å². The summed E-state index contributed by atoms with van der Waals surface area (Å²) in [5.74, 6) is -0.887. The number of urea groups is 1. The van der Waals surface area contributed by atoms with Crippen molar-refractivity contribution in [2.45, 2.75) is 32.4 Å². The van der Waals surface area contributed by atoms with Gasteiger partial charge in [0.05, 0.1) is 25.6 Å². The van der Waals surface area contributed by atoms with Crippen molar-refractivity contribution >= 4 is 12.0 Å². The minimum absolute atomic E-state index is 0.0267. The first-order valence-electron chi connectivity index (χ1n) is 5.79. The second kappa shape index (κ2) is 5.86. The van der Waals surface area contributed by atoms with Crippen LogP contribution >= 0.6 is 0 Å². The third kappa shape index (κ3) is 3.33. The lowest BCUT2D eigenvalue weighted by Gasteiger charge is -2.42. The van der Waals surface area contributed by atoms with E-state index in [2.05, 4.69) is 0 Å². The van der Waals surface area contributed by atoms with Crippen LogP contribution < -0.4 is 0 Å². The van der Waals surface area contributed by atoms with E-state index in [-0.39, 0.29) is 24.6 Å². The maximum absolute atomic E-state index is 12.0. The zero-order valence-electron chi connectivity index (χ0n) is 10.5. The van der Waals surface area contributed by atoms with Crippen molar-refractivity contribution < 1.29 is 19.4 Å². The molecule has 1 aliphatic rings. The predicted octanol–water partition coefficient (Wildman–Crippen LogP) is 0.622. The first-order valence-corrected chi connectivity index (χ1v) is 5.79. The molecule has 0 bridgehead atoms. The molecule has 6 heteroatoms. The van der Waals surface area contributed by atoms with Gasteiger partial charge in [-0.1, -0.05) is 0 Å². The standard InChI is InChI=1S/C11H20N2O4/c1-4-13(8(2)5-10(14)15)11(16)12-6-9(7-12)17-3/h8-9H,4-7H2,1-3H3,(H,14,15). The Morgan fingerprint density at radius 1 is 1.53 bits per heavy atom. The van der Waals surface area contributed by atoms with E-state index in [0.717, 1.165) is 0 Å². The average molecular weight is 244 g/mol. The van der Waals surface area contributed by atoms with Crippen LogP contribution in [0.4, 0.5) is 4.79 Å². The molecule has 1 atom stereocenters. The Kier molecular flexibility index (Phi) is 4.74. The fourth-order valence-corrected chi connectivity index (χ4v) is 1.92. The molecule has 0 aliphatic carbocycles. The van der Waals surface area contributed by atoms with E-state index in [4.69, 9.17) is 9.84 Å². The summed E-state index contributed by atoms with van der Waals surface area (Å²) in [7, 11) is 1.62. The van der Waals surface area contributed by atoms with Gasteiger partial charge in [0.2, 0.25) is 0 Å². The Morgan fingerprint density at radius 2 is 2.12 bits per heavy atom. The van der Waals surface area contributed by atoms with Gasteiger partial charge >= 0.3 is 12.0 Å². The van der Waals surface area contributed by atoms with Crippen LogP contribution in [0.1, 0.15) is 20.3 Å². The monoisotopic (exact) mass is 244 g/mol. The van der Waals surface area contributed by atoms with Crippen LogP contribution in [0.3, 0.4) is 0 Å². The molecule has 1 rings (SSSR count). The van der Waals surface area contributed by atoms with Crippen molar-refractivity contribution in [3.63, 3.8) is 0 Å². The summed E-state index contributed by atoms with van der Waals surface area (Å²) in [6.45, 7) is 5.30. The molecule has 0 saturated carbocycles. The predicted molar refractivity (Wildman–Crippen MR) is 61.9 cm³/mol. The second-order valence-corrected chi connectivity index (χ2v) is 4.28. The topological polar surface area (TPSA) is 70.1 Å². The van der Waals surface area contributed by atoms with E-state index >= 15 is 0 Å². The van der Waals surface area contributed by atoms with Crippen molar-refractivity contribution in [2.24, 2.45) is 0 Å². The number of amides is 2. The molecule has 98 valence electrons. The highest BCUT2D eigenvalue weighted by Gasteiger charge is 2.34. The molecular formula is C11H20N2O4. The maximum Gasteiger partial charge on any atom is 0.320 e. The van der Waals surface area contributed by atoms with Gasteiger partial charge in [-0.15, -0.1) is 0 Å². The largest absolute Gasteiger partial charge is 0.481 e. The molecule has 0 aromatic carbocycles. The lowest BCUT2D eigenvalue weighted by Crippen LogP contribution is -2.59. The number of nitrogens with zero attached hydrogens (tertiary/aromatic N) is 2. The van der Waals surface area contributed by atoms with Crippen LogP contribution in [-0.4, -0.2) is 65.8 Å². The summed E-state index contributed by atoms with van der Waals surface area (Å²) in [6, 6.07) is -0.388. The van der Waals surface area contributed by atoms with Crippen LogP contribution in [0.15, 0.2) is 0 Å². The molecule has 0 radical (unpaired) electrons. The molecular weight excluding hydrogens is 224 g/mol. The molecule has 0 aromatic heterocycles. The highest BCUT2D eigenvalue weighted by atomic mass is 16.5. The van der Waals surface area contributed by atoms with Crippen LogP contribution in [0.2, 0.25) is 0 Å². The van der Waals surface area contributed by atoms with Gasteiger partial charge in [-0.05, 0) is 13.8 Å². The summed E-state index contributed by atoms with van der Waals surface area (Å²) >= 11 is 0. The Bertz CT molecular complexity index is 289. The van der Waals surface area contributed by atoms with E-state index < -0.39 is 5.97 Å². The van der Waals surface area contributed by atoms with Gasteiger partial charge in [0.1, 0.15) is 0 Å². The molecule has 1 unspecified atom stereocenters. The zero-order valence-corrected chi connectivity index (χ0v) is 10.5. The normalized spacial score (nSPS) is 17.5. The Balaban J connectivity index is 2.50. The molecule has 0 spiro atoms. The van der Waals surface area contributed by atoms with Gasteiger partial charge in [0.25, 0.3) is 0 Å². The number of carboxylic acids is 1. The average Bonchev–Trinajstić information content (AvgIpc) is 2.15. The van der Waals surface area contributed by atoms with Crippen molar-refractivity contribution in [1.29, 1.82) is 0 Å². The van der Waals surface area contributed by atoms with Crippen molar-refractivity contribution in [3.8, 4) is 0 Å². The minimum atomic E-state index is -0.887. The molecule has 1 saturated heterocycles. The number of hydrogen-bond donors (Lipinski definition) is 1. The zero-order chi connectivity index (χ0) is 13.0. The molecule has 17 heavy (non-hydrogen) atoms. The number of carbonyl (C=O) groups is 2. The van der Waals surface area contributed by atoms with Gasteiger partial charge in [0, 0.05) is 19.7 Å². The Morgan fingerprint density at radius 3 is 2.53 bits per heavy atom. The number of carbonyl (C=O) groups excluding carboxylic acids is 1. The number of ether oxygens (including phenoxy) is 1. The van der Waals surface area contributed by atoms with Crippen molar-refractivity contribution in [1.82, 2.24) is 9.80 Å². The molecule has 0 aromatic rings. The number of rotatable bonds is 5. The summed E-state index contributed by atoms with van der Waals surface area (Å²) in [5, 5.41) is 8.73. The quantitative estimate of drug-likeness (QED) is 0.769. The Hall–Kier alpha value is -1.30. The second-order valence-electron chi connectivity index (χ2n) is 4.28. The lowest BCUT2D eigenvalue weighted by atomic mass is 10.1. The van der Waals surface area contributed by atoms with Gasteiger partial charge in [0.15, 0.2) is 0 Å². The highest BCUT2D eigenvalue weighted by molar-refractivity contribution is 5.77. The van der Waals surface area contributed by atoms with Crippen LogP contribution in [0.25, 0.3) is 0 Å². The van der Waals surface area contributed by atoms with Gasteiger partial charge < -0.3 is 19.6 Å². The van der Waals surface area contributed by atoms with E-state index in [1.807, 2.05) is 6.92 Å². The van der Waals surface area contributed by atoms with Gasteiger partial charge in [-0.2, -0.15) is 0 Å². The number of carboxylic acid groups (broad SMARTS) is 1. The summed E-state index contributed by atoms with van der Waals surface area (Å²) < 4.78 is 5.10. The fourth-order valence-electron chi connectivity index (χ4n) is 1.92. The third-order valence-electron chi connectivity index (χ3n) is 3.04. The number of methoxy groups -OCH3 is 1. The lowest BCUT2D eigenvalue weighted by molar-refractivity contribution is -0.138. The summed E-state index contributed by atoms with van der Waals surface area (Å²) in [6.07, 6.45) is 0.0913.